The maximum atomic E-state index is 13.9. The first-order valence-corrected chi connectivity index (χ1v) is 12.4. The van der Waals surface area contributed by atoms with Crippen molar-refractivity contribution in [2.75, 3.05) is 45.3 Å². The van der Waals surface area contributed by atoms with Crippen LogP contribution in [-0.4, -0.2) is 106 Å². The maximum absolute atomic E-state index is 13.9. The molecule has 12 nitrogen and oxygen atoms in total. The van der Waals surface area contributed by atoms with Gasteiger partial charge in [0.05, 0.1) is 42.5 Å². The zero-order valence-electron chi connectivity index (χ0n) is 21.2. The predicted molar refractivity (Wildman–Crippen MR) is 133 cm³/mol. The number of phenols is 1. The average Bonchev–Trinajstić information content (AvgIpc) is 2.86. The zero-order valence-corrected chi connectivity index (χ0v) is 21.2. The Labute approximate surface area is 218 Å². The van der Waals surface area contributed by atoms with Gasteiger partial charge in [-0.05, 0) is 31.6 Å². The van der Waals surface area contributed by atoms with Crippen LogP contribution in [-0.2, 0) is 14.3 Å². The Morgan fingerprint density at radius 1 is 1.16 bits per heavy atom. The lowest BCUT2D eigenvalue weighted by atomic mass is 9.55. The van der Waals surface area contributed by atoms with Crippen molar-refractivity contribution < 1.29 is 44.7 Å². The Kier molecular flexibility index (Phi) is 6.06. The topological polar surface area (TPSA) is 194 Å². The van der Waals surface area contributed by atoms with Crippen molar-refractivity contribution in [1.82, 2.24) is 4.90 Å². The van der Waals surface area contributed by atoms with Crippen LogP contribution >= 0.6 is 0 Å². The highest BCUT2D eigenvalue weighted by Gasteiger charge is 2.67. The lowest BCUT2D eigenvalue weighted by Gasteiger charge is -2.53. The number of likely N-dealkylation sites (N-methyl/N-ethyl adjacent to an activating group) is 1. The maximum Gasteiger partial charge on any atom is 0.255 e. The minimum atomic E-state index is -2.93. The Hall–Kier alpha value is -3.45. The van der Waals surface area contributed by atoms with Crippen molar-refractivity contribution in [3.05, 3.63) is 45.9 Å². The molecule has 204 valence electrons. The first-order valence-electron chi connectivity index (χ1n) is 12.4. The van der Waals surface area contributed by atoms with Gasteiger partial charge in [0.2, 0.25) is 5.78 Å². The van der Waals surface area contributed by atoms with Crippen molar-refractivity contribution >= 4 is 23.2 Å². The predicted octanol–water partition coefficient (Wildman–Crippen LogP) is -0.511. The third kappa shape index (κ3) is 3.27. The Bertz CT molecular complexity index is 1310. The van der Waals surface area contributed by atoms with Gasteiger partial charge in [-0.2, -0.15) is 0 Å². The molecule has 5 rings (SSSR count). The minimum absolute atomic E-state index is 0.102. The molecule has 12 heteroatoms. The molecular formula is C26H31N3O9. The van der Waals surface area contributed by atoms with E-state index >= 15 is 0 Å². The number of morpholine rings is 1. The lowest BCUT2D eigenvalue weighted by Crippen LogP contribution is -2.68. The van der Waals surface area contributed by atoms with E-state index in [1.54, 1.807) is 19.1 Å². The van der Waals surface area contributed by atoms with Crippen LogP contribution in [0, 0.1) is 11.8 Å². The molecule has 0 spiro atoms. The number of hydrogen-bond donors (Lipinski definition) is 6. The third-order valence-corrected chi connectivity index (χ3v) is 8.46. The third-order valence-electron chi connectivity index (χ3n) is 8.46. The number of ketones is 2. The van der Waals surface area contributed by atoms with Crippen LogP contribution in [0.2, 0.25) is 0 Å². The Morgan fingerprint density at radius 2 is 1.79 bits per heavy atom. The molecule has 4 aliphatic rings. The van der Waals surface area contributed by atoms with Crippen molar-refractivity contribution in [3.8, 4) is 5.75 Å². The summed E-state index contributed by atoms with van der Waals surface area (Å²) in [4.78, 5) is 42.7. The van der Waals surface area contributed by atoms with Crippen molar-refractivity contribution in [2.24, 2.45) is 17.6 Å². The molecular weight excluding hydrogens is 498 g/mol. The Morgan fingerprint density at radius 3 is 2.37 bits per heavy atom. The van der Waals surface area contributed by atoms with Gasteiger partial charge in [-0.15, -0.1) is 0 Å². The van der Waals surface area contributed by atoms with Crippen LogP contribution in [0.3, 0.4) is 0 Å². The van der Waals surface area contributed by atoms with Crippen LogP contribution < -0.4 is 10.6 Å². The summed E-state index contributed by atoms with van der Waals surface area (Å²) in [5.74, 6) is -8.96. The second-order valence-electron chi connectivity index (χ2n) is 10.5. The number of aliphatic hydroxyl groups excluding tert-OH is 3. The second kappa shape index (κ2) is 8.80. The van der Waals surface area contributed by atoms with E-state index in [1.807, 2.05) is 4.90 Å². The van der Waals surface area contributed by atoms with Gasteiger partial charge in [0, 0.05) is 24.6 Å². The summed E-state index contributed by atoms with van der Waals surface area (Å²) in [6.45, 7) is 3.54. The van der Waals surface area contributed by atoms with Crippen LogP contribution in [0.25, 0.3) is 0 Å². The Balaban J connectivity index is 1.73. The van der Waals surface area contributed by atoms with E-state index < -0.39 is 75.6 Å². The number of phenolic OH excluding ortho intramolecular Hbond substituents is 1. The number of carbonyl (C=O) groups excluding carboxylic acids is 3. The number of amides is 1. The monoisotopic (exact) mass is 529 g/mol. The van der Waals surface area contributed by atoms with Crippen LogP contribution in [0.4, 0.5) is 5.69 Å². The normalized spacial score (nSPS) is 33.3. The molecule has 0 radical (unpaired) electrons. The summed E-state index contributed by atoms with van der Waals surface area (Å²) in [7, 11) is 2.99. The van der Waals surface area contributed by atoms with E-state index in [0.29, 0.717) is 37.6 Å². The van der Waals surface area contributed by atoms with Gasteiger partial charge in [-0.3, -0.25) is 19.3 Å². The molecule has 7 N–H and O–H groups in total. The number of fused-ring (bicyclic) bond motifs is 3. The highest BCUT2D eigenvalue weighted by molar-refractivity contribution is 6.25. The largest absolute Gasteiger partial charge is 0.510 e. The number of aromatic hydroxyl groups is 1. The van der Waals surface area contributed by atoms with Crippen LogP contribution in [0.15, 0.2) is 34.8 Å². The number of anilines is 1. The molecule has 0 unspecified atom stereocenters. The van der Waals surface area contributed by atoms with Crippen LogP contribution in [0.5, 0.6) is 5.75 Å². The van der Waals surface area contributed by atoms with Crippen LogP contribution in [0.1, 0.15) is 28.8 Å². The molecule has 1 aromatic carbocycles. The summed E-state index contributed by atoms with van der Waals surface area (Å²) in [6.07, 6.45) is -1.62. The summed E-state index contributed by atoms with van der Waals surface area (Å²) in [6, 6.07) is 2.07. The molecule has 3 aliphatic carbocycles. The number of hydrogen-bond acceptors (Lipinski definition) is 11. The summed E-state index contributed by atoms with van der Waals surface area (Å²) in [5, 5.41) is 56.9. The van der Waals surface area contributed by atoms with Crippen molar-refractivity contribution in [3.63, 3.8) is 0 Å². The zero-order chi connectivity index (χ0) is 27.8. The highest BCUT2D eigenvalue weighted by Crippen LogP contribution is 2.56. The molecule has 1 aliphatic heterocycles. The van der Waals surface area contributed by atoms with Gasteiger partial charge in [0.25, 0.3) is 5.91 Å². The second-order valence-corrected chi connectivity index (χ2v) is 10.5. The van der Waals surface area contributed by atoms with E-state index in [2.05, 4.69) is 0 Å². The lowest BCUT2D eigenvalue weighted by molar-refractivity contribution is -0.162. The number of carbonyl (C=O) groups is 3. The standard InChI is InChI=1S/C26H31N3O9/c1-10-11-4-5-12(29-6-8-38-9-7-29)19(30)14(11)20(31)15-13(10)21(32)17-18(28(2)3)22(33)16(25(27)36)24(35)26(17,37)23(15)34/h4-5,10,13,17-18,21,30,32-34,37H,6-9H2,1-3H3,(H2,27,36)/t10-,13-,17-,18+,21+,26+/m1/s1. The van der Waals surface area contributed by atoms with Gasteiger partial charge in [-0.1, -0.05) is 13.0 Å². The van der Waals surface area contributed by atoms with E-state index in [9.17, 15) is 39.9 Å². The fraction of sp³-hybridized carbons (Fsp3) is 0.500. The summed E-state index contributed by atoms with van der Waals surface area (Å²) in [5.41, 5.74) is 1.78. The highest BCUT2D eigenvalue weighted by atomic mass is 16.5. The molecule has 1 heterocycles. The number of benzene rings is 1. The number of aliphatic hydroxyl groups is 4. The van der Waals surface area contributed by atoms with Crippen molar-refractivity contribution in [2.45, 2.75) is 30.6 Å². The average molecular weight is 530 g/mol. The molecule has 1 aromatic rings. The fourth-order valence-electron chi connectivity index (χ4n) is 6.67. The van der Waals surface area contributed by atoms with Gasteiger partial charge in [-0.25, -0.2) is 0 Å². The molecule has 0 saturated carbocycles. The number of nitrogens with two attached hydrogens (primary N) is 1. The first-order chi connectivity index (χ1) is 17.8. The quantitative estimate of drug-likeness (QED) is 0.276. The summed E-state index contributed by atoms with van der Waals surface area (Å²) < 4.78 is 5.36. The number of nitrogens with zero attached hydrogens (tertiary/aromatic N) is 2. The molecule has 1 fully saturated rings. The van der Waals surface area contributed by atoms with E-state index in [-0.39, 0.29) is 11.3 Å². The smallest absolute Gasteiger partial charge is 0.255 e. The van der Waals surface area contributed by atoms with E-state index in [1.165, 1.54) is 19.0 Å². The SMILES string of the molecule is C[C@@H]1c2ccc(N3CCOCC3)c(O)c2C(=O)C2=C(O)[C@]3(O)C(=O)C(C(N)=O)=C(O)[C@@H](N(C)C)[C@@H]3[C@@H](O)[C@@H]21. The number of rotatable bonds is 3. The molecule has 38 heavy (non-hydrogen) atoms. The molecule has 1 amide bonds. The van der Waals surface area contributed by atoms with E-state index in [4.69, 9.17) is 10.5 Å². The molecule has 0 aromatic heterocycles. The van der Waals surface area contributed by atoms with Gasteiger partial charge < -0.3 is 40.9 Å². The van der Waals surface area contributed by atoms with Gasteiger partial charge >= 0.3 is 0 Å². The first kappa shape index (κ1) is 26.2. The van der Waals surface area contributed by atoms with Crippen molar-refractivity contribution in [1.29, 1.82) is 0 Å². The minimum Gasteiger partial charge on any atom is -0.510 e. The number of primary amides is 1. The fourth-order valence-corrected chi connectivity index (χ4v) is 6.67. The van der Waals surface area contributed by atoms with Gasteiger partial charge in [0.15, 0.2) is 11.4 Å². The molecule has 1 saturated heterocycles. The number of Topliss-reactive ketones (excluding diaryl/α,β-unsaturated/α-hetero) is 2. The summed E-state index contributed by atoms with van der Waals surface area (Å²) >= 11 is 0. The number of ether oxygens (including phenoxy) is 1. The molecule has 6 atom stereocenters. The van der Waals surface area contributed by atoms with E-state index in [0.717, 1.165) is 0 Å². The van der Waals surface area contributed by atoms with Gasteiger partial charge in [0.1, 0.15) is 22.8 Å². The molecule has 0 bridgehead atoms.